The summed E-state index contributed by atoms with van der Waals surface area (Å²) in [6.45, 7) is 9.50. The van der Waals surface area contributed by atoms with Gasteiger partial charge in [0, 0.05) is 40.8 Å². The average molecular weight is 441 g/mol. The van der Waals surface area contributed by atoms with E-state index in [1.807, 2.05) is 12.1 Å². The fraction of sp³-hybridized carbons (Fsp3) is 0.286. The lowest BCUT2D eigenvalue weighted by Gasteiger charge is -2.32. The Labute approximate surface area is 194 Å². The minimum Gasteiger partial charge on any atom is -0.487 e. The summed E-state index contributed by atoms with van der Waals surface area (Å²) in [4.78, 5) is 16.0. The molecule has 33 heavy (non-hydrogen) atoms. The first-order chi connectivity index (χ1) is 15.6. The molecule has 0 bridgehead atoms. The molecular formula is C28H28N2O3. The van der Waals surface area contributed by atoms with Crippen LogP contribution in [-0.4, -0.2) is 29.1 Å². The number of fused-ring (bicyclic) bond motifs is 3. The molecule has 2 aliphatic heterocycles. The molecule has 0 saturated heterocycles. The number of rotatable bonds is 3. The zero-order chi connectivity index (χ0) is 23.4. The molecule has 0 radical (unpaired) electrons. The summed E-state index contributed by atoms with van der Waals surface area (Å²) in [6, 6.07) is 20.1. The minimum atomic E-state index is -1.07. The molecule has 168 valence electrons. The van der Waals surface area contributed by atoms with Crippen LogP contribution in [0.25, 0.3) is 11.1 Å². The number of hydrogen-bond acceptors (Lipinski definition) is 3. The standard InChI is InChI=1S/C28H28N2O3/c1-27(2)16-29-25(24-21-15-28(3,4)33-23(21)13-12-22(24)27)19-7-5-6-18(14-19)17-8-10-20(11-9-17)30-26(31)32/h5-14,30H,15-16H2,1-4H3,(H,31,32). The number of amides is 1. The van der Waals surface area contributed by atoms with Crippen molar-refractivity contribution in [3.63, 3.8) is 0 Å². The van der Waals surface area contributed by atoms with Crippen molar-refractivity contribution in [3.8, 4) is 16.9 Å². The zero-order valence-corrected chi connectivity index (χ0v) is 19.4. The molecule has 0 saturated carbocycles. The van der Waals surface area contributed by atoms with E-state index in [0.29, 0.717) is 5.69 Å². The Morgan fingerprint density at radius 2 is 1.70 bits per heavy atom. The smallest absolute Gasteiger partial charge is 0.409 e. The van der Waals surface area contributed by atoms with Crippen LogP contribution in [0.3, 0.4) is 0 Å². The minimum absolute atomic E-state index is 0.0365. The number of ether oxygens (including phenoxy) is 1. The van der Waals surface area contributed by atoms with E-state index in [1.54, 1.807) is 12.1 Å². The summed E-state index contributed by atoms with van der Waals surface area (Å²) < 4.78 is 6.24. The van der Waals surface area contributed by atoms with Gasteiger partial charge in [-0.05, 0) is 54.8 Å². The van der Waals surface area contributed by atoms with Gasteiger partial charge < -0.3 is 9.84 Å². The number of nitrogens with one attached hydrogen (secondary N) is 1. The summed E-state index contributed by atoms with van der Waals surface area (Å²) >= 11 is 0. The summed E-state index contributed by atoms with van der Waals surface area (Å²) in [6.07, 6.45) is -0.209. The molecule has 0 aliphatic carbocycles. The van der Waals surface area contributed by atoms with Crippen molar-refractivity contribution < 1.29 is 14.6 Å². The SMILES string of the molecule is CC1(C)Cc2c(ccc3c2C(c2cccc(-c4ccc(NC(=O)O)cc4)c2)=NCC3(C)C)O1. The molecule has 2 aliphatic rings. The first-order valence-electron chi connectivity index (χ1n) is 11.2. The quantitative estimate of drug-likeness (QED) is 0.503. The molecule has 1 amide bonds. The van der Waals surface area contributed by atoms with Crippen molar-refractivity contribution in [1.29, 1.82) is 0 Å². The van der Waals surface area contributed by atoms with E-state index >= 15 is 0 Å². The van der Waals surface area contributed by atoms with E-state index in [9.17, 15) is 4.79 Å². The molecule has 5 rings (SSSR count). The van der Waals surface area contributed by atoms with E-state index in [-0.39, 0.29) is 11.0 Å². The normalized spacial score (nSPS) is 17.4. The monoisotopic (exact) mass is 440 g/mol. The van der Waals surface area contributed by atoms with Gasteiger partial charge in [-0.3, -0.25) is 10.3 Å². The van der Waals surface area contributed by atoms with Crippen LogP contribution in [0.2, 0.25) is 0 Å². The second-order valence-corrected chi connectivity index (χ2v) is 10.1. The molecule has 0 unspecified atom stereocenters. The highest BCUT2D eigenvalue weighted by Crippen LogP contribution is 2.44. The van der Waals surface area contributed by atoms with Crippen LogP contribution in [0.1, 0.15) is 49.9 Å². The van der Waals surface area contributed by atoms with E-state index in [2.05, 4.69) is 69.4 Å². The average Bonchev–Trinajstić information content (AvgIpc) is 3.08. The number of carbonyl (C=O) groups is 1. The van der Waals surface area contributed by atoms with Crippen molar-refractivity contribution in [2.24, 2.45) is 4.99 Å². The lowest BCUT2D eigenvalue weighted by Crippen LogP contribution is -2.31. The highest BCUT2D eigenvalue weighted by molar-refractivity contribution is 6.16. The van der Waals surface area contributed by atoms with Crippen LogP contribution in [0.15, 0.2) is 65.7 Å². The van der Waals surface area contributed by atoms with Gasteiger partial charge >= 0.3 is 6.09 Å². The molecule has 5 heteroatoms. The van der Waals surface area contributed by atoms with Gasteiger partial charge in [-0.25, -0.2) is 4.79 Å². The van der Waals surface area contributed by atoms with Crippen LogP contribution >= 0.6 is 0 Å². The van der Waals surface area contributed by atoms with Crippen molar-refractivity contribution in [2.45, 2.75) is 45.1 Å². The Kier molecular flexibility index (Phi) is 4.82. The Morgan fingerprint density at radius 1 is 0.970 bits per heavy atom. The van der Waals surface area contributed by atoms with Gasteiger partial charge in [0.2, 0.25) is 0 Å². The van der Waals surface area contributed by atoms with Gasteiger partial charge in [-0.2, -0.15) is 0 Å². The third kappa shape index (κ3) is 3.88. The van der Waals surface area contributed by atoms with Crippen LogP contribution in [0.5, 0.6) is 5.75 Å². The number of aliphatic imine (C=N–C) groups is 1. The summed E-state index contributed by atoms with van der Waals surface area (Å²) in [7, 11) is 0. The van der Waals surface area contributed by atoms with Crippen LogP contribution in [0, 0.1) is 0 Å². The first-order valence-corrected chi connectivity index (χ1v) is 11.2. The molecule has 3 aromatic carbocycles. The summed E-state index contributed by atoms with van der Waals surface area (Å²) in [5.74, 6) is 0.960. The van der Waals surface area contributed by atoms with Gasteiger partial charge in [0.05, 0.1) is 5.71 Å². The Hall–Kier alpha value is -3.60. The molecule has 2 heterocycles. The predicted octanol–water partition coefficient (Wildman–Crippen LogP) is 6.29. The van der Waals surface area contributed by atoms with E-state index < -0.39 is 6.09 Å². The van der Waals surface area contributed by atoms with E-state index in [4.69, 9.17) is 14.8 Å². The second-order valence-electron chi connectivity index (χ2n) is 10.1. The summed E-state index contributed by atoms with van der Waals surface area (Å²) in [5, 5.41) is 11.3. The summed E-state index contributed by atoms with van der Waals surface area (Å²) in [5.41, 5.74) is 8.26. The van der Waals surface area contributed by atoms with Gasteiger partial charge in [0.15, 0.2) is 0 Å². The maximum atomic E-state index is 10.9. The van der Waals surface area contributed by atoms with Crippen molar-refractivity contribution in [2.75, 3.05) is 11.9 Å². The van der Waals surface area contributed by atoms with Crippen LogP contribution < -0.4 is 10.1 Å². The maximum absolute atomic E-state index is 10.9. The Bertz CT molecular complexity index is 1290. The highest BCUT2D eigenvalue weighted by Gasteiger charge is 2.38. The molecule has 3 aromatic rings. The van der Waals surface area contributed by atoms with Crippen molar-refractivity contribution >= 4 is 17.5 Å². The predicted molar refractivity (Wildman–Crippen MR) is 132 cm³/mol. The number of carboxylic acid groups (broad SMARTS) is 1. The van der Waals surface area contributed by atoms with Gasteiger partial charge in [-0.15, -0.1) is 0 Å². The topological polar surface area (TPSA) is 70.9 Å². The Balaban J connectivity index is 1.58. The molecule has 2 N–H and O–H groups in total. The van der Waals surface area contributed by atoms with E-state index in [0.717, 1.165) is 41.1 Å². The molecule has 0 fully saturated rings. The van der Waals surface area contributed by atoms with E-state index in [1.165, 1.54) is 16.7 Å². The fourth-order valence-corrected chi connectivity index (χ4v) is 4.89. The molecule has 5 nitrogen and oxygen atoms in total. The van der Waals surface area contributed by atoms with Gasteiger partial charge in [-0.1, -0.05) is 50.2 Å². The second kappa shape index (κ2) is 7.48. The first kappa shape index (κ1) is 21.3. The fourth-order valence-electron chi connectivity index (χ4n) is 4.89. The number of benzene rings is 3. The third-order valence-electron chi connectivity index (χ3n) is 6.46. The molecule has 0 aromatic heterocycles. The van der Waals surface area contributed by atoms with Crippen molar-refractivity contribution in [1.82, 2.24) is 0 Å². The highest BCUT2D eigenvalue weighted by atomic mass is 16.5. The largest absolute Gasteiger partial charge is 0.487 e. The number of nitrogens with zero attached hydrogens (tertiary/aromatic N) is 1. The van der Waals surface area contributed by atoms with Crippen LogP contribution in [-0.2, 0) is 11.8 Å². The molecule has 0 spiro atoms. The Morgan fingerprint density at radius 3 is 2.42 bits per heavy atom. The third-order valence-corrected chi connectivity index (χ3v) is 6.46. The number of hydrogen-bond donors (Lipinski definition) is 2. The van der Waals surface area contributed by atoms with Crippen LogP contribution in [0.4, 0.5) is 10.5 Å². The zero-order valence-electron chi connectivity index (χ0n) is 19.4. The lowest BCUT2D eigenvalue weighted by molar-refractivity contribution is 0.138. The maximum Gasteiger partial charge on any atom is 0.409 e. The molecule has 0 atom stereocenters. The van der Waals surface area contributed by atoms with Gasteiger partial charge in [0.1, 0.15) is 11.4 Å². The van der Waals surface area contributed by atoms with Crippen molar-refractivity contribution in [3.05, 3.63) is 82.9 Å². The van der Waals surface area contributed by atoms with Gasteiger partial charge in [0.25, 0.3) is 0 Å². The number of anilines is 1. The lowest BCUT2D eigenvalue weighted by atomic mass is 9.75. The molecular weight excluding hydrogens is 412 g/mol.